The van der Waals surface area contributed by atoms with Crippen molar-refractivity contribution in [3.8, 4) is 0 Å². The zero-order chi connectivity index (χ0) is 15.1. The van der Waals surface area contributed by atoms with Crippen molar-refractivity contribution in [3.05, 3.63) is 46.8 Å². The van der Waals surface area contributed by atoms with E-state index in [4.69, 9.17) is 4.74 Å². The molecular weight excluding hydrogens is 270 g/mol. The molecule has 0 aliphatic carbocycles. The number of hydrogen-bond donors (Lipinski definition) is 0. The summed E-state index contributed by atoms with van der Waals surface area (Å²) in [7, 11) is 0. The molecule has 6 nitrogen and oxygen atoms in total. The van der Waals surface area contributed by atoms with Gasteiger partial charge in [0.15, 0.2) is 0 Å². The molecular formula is C15H17N3O3. The number of ether oxygens (including phenoxy) is 1. The molecule has 1 aromatic heterocycles. The molecule has 0 fully saturated rings. The van der Waals surface area contributed by atoms with E-state index >= 15 is 0 Å². The number of rotatable bonds is 6. The van der Waals surface area contributed by atoms with Gasteiger partial charge in [-0.1, -0.05) is 36.4 Å². The maximum absolute atomic E-state index is 12.1. The number of benzene rings is 1. The minimum atomic E-state index is -0.363. The van der Waals surface area contributed by atoms with E-state index in [-0.39, 0.29) is 31.1 Å². The summed E-state index contributed by atoms with van der Waals surface area (Å²) in [6.45, 7) is 2.42. The Morgan fingerprint density at radius 3 is 2.95 bits per heavy atom. The molecule has 0 atom stereocenters. The van der Waals surface area contributed by atoms with E-state index in [0.717, 1.165) is 6.42 Å². The van der Waals surface area contributed by atoms with Gasteiger partial charge in [0.05, 0.1) is 18.4 Å². The van der Waals surface area contributed by atoms with Gasteiger partial charge in [0.25, 0.3) is 5.56 Å². The molecule has 0 spiro atoms. The largest absolute Gasteiger partial charge is 0.461 e. The van der Waals surface area contributed by atoms with E-state index in [1.54, 1.807) is 30.3 Å². The lowest BCUT2D eigenvalue weighted by atomic mass is 10.2. The van der Waals surface area contributed by atoms with Gasteiger partial charge in [0.1, 0.15) is 12.1 Å². The zero-order valence-corrected chi connectivity index (χ0v) is 11.9. The summed E-state index contributed by atoms with van der Waals surface area (Å²) in [6.07, 6.45) is 4.71. The molecule has 0 saturated carbocycles. The molecule has 0 amide bonds. The molecule has 1 aromatic carbocycles. The molecule has 0 radical (unpaired) electrons. The lowest BCUT2D eigenvalue weighted by molar-refractivity contribution is -0.142. The third-order valence-electron chi connectivity index (χ3n) is 2.90. The van der Waals surface area contributed by atoms with Crippen LogP contribution in [0.25, 0.3) is 10.9 Å². The van der Waals surface area contributed by atoms with Gasteiger partial charge in [-0.3, -0.25) is 9.59 Å². The molecule has 21 heavy (non-hydrogen) atoms. The highest BCUT2D eigenvalue weighted by Crippen LogP contribution is 2.03. The van der Waals surface area contributed by atoms with Crippen LogP contribution in [0.1, 0.15) is 19.8 Å². The monoisotopic (exact) mass is 287 g/mol. The molecule has 0 unspecified atom stereocenters. The molecule has 2 rings (SSSR count). The van der Waals surface area contributed by atoms with Crippen LogP contribution >= 0.6 is 0 Å². The van der Waals surface area contributed by atoms with Crippen molar-refractivity contribution in [3.63, 3.8) is 0 Å². The SMILES string of the molecule is CC/C=C/COC(=O)CCn1nnc2ccccc2c1=O. The molecule has 2 aromatic rings. The fourth-order valence-electron chi connectivity index (χ4n) is 1.81. The molecule has 0 bridgehead atoms. The normalized spacial score (nSPS) is 11.1. The number of aryl methyl sites for hydroxylation is 1. The summed E-state index contributed by atoms with van der Waals surface area (Å²) in [5, 5.41) is 8.27. The van der Waals surface area contributed by atoms with Crippen molar-refractivity contribution in [2.45, 2.75) is 26.3 Å². The number of aromatic nitrogens is 3. The van der Waals surface area contributed by atoms with E-state index in [1.807, 2.05) is 13.0 Å². The summed E-state index contributed by atoms with van der Waals surface area (Å²) in [6, 6.07) is 6.98. The minimum Gasteiger partial charge on any atom is -0.461 e. The third-order valence-corrected chi connectivity index (χ3v) is 2.90. The lowest BCUT2D eigenvalue weighted by Gasteiger charge is -2.04. The summed E-state index contributed by atoms with van der Waals surface area (Å²) in [5.41, 5.74) is 0.297. The summed E-state index contributed by atoms with van der Waals surface area (Å²) in [5.74, 6) is -0.363. The lowest BCUT2D eigenvalue weighted by Crippen LogP contribution is -2.25. The Labute approximate surface area is 122 Å². The average molecular weight is 287 g/mol. The van der Waals surface area contributed by atoms with Crippen LogP contribution < -0.4 is 5.56 Å². The van der Waals surface area contributed by atoms with E-state index < -0.39 is 0 Å². The molecule has 6 heteroatoms. The van der Waals surface area contributed by atoms with E-state index in [0.29, 0.717) is 10.9 Å². The van der Waals surface area contributed by atoms with Gasteiger partial charge < -0.3 is 4.74 Å². The highest BCUT2D eigenvalue weighted by molar-refractivity contribution is 5.76. The third kappa shape index (κ3) is 3.98. The molecule has 0 aliphatic heterocycles. The van der Waals surface area contributed by atoms with Gasteiger partial charge in [-0.15, -0.1) is 5.10 Å². The predicted octanol–water partition coefficient (Wildman–Crippen LogP) is 1.69. The van der Waals surface area contributed by atoms with Crippen LogP contribution in [-0.2, 0) is 16.1 Å². The molecule has 110 valence electrons. The van der Waals surface area contributed by atoms with Gasteiger partial charge in [-0.05, 0) is 18.6 Å². The predicted molar refractivity (Wildman–Crippen MR) is 78.8 cm³/mol. The van der Waals surface area contributed by atoms with Gasteiger partial charge in [0, 0.05) is 0 Å². The van der Waals surface area contributed by atoms with Crippen molar-refractivity contribution in [2.75, 3.05) is 6.61 Å². The van der Waals surface area contributed by atoms with Crippen molar-refractivity contribution < 1.29 is 9.53 Å². The average Bonchev–Trinajstić information content (AvgIpc) is 2.51. The second-order valence-electron chi connectivity index (χ2n) is 4.45. The maximum atomic E-state index is 12.1. The number of nitrogens with zero attached hydrogens (tertiary/aromatic N) is 3. The van der Waals surface area contributed by atoms with E-state index in [2.05, 4.69) is 10.3 Å². The van der Waals surface area contributed by atoms with Crippen LogP contribution in [-0.4, -0.2) is 27.6 Å². The number of hydrogen-bond acceptors (Lipinski definition) is 5. The van der Waals surface area contributed by atoms with Crippen molar-refractivity contribution in [1.82, 2.24) is 15.0 Å². The Morgan fingerprint density at radius 1 is 1.33 bits per heavy atom. The number of allylic oxidation sites excluding steroid dienone is 1. The fourth-order valence-corrected chi connectivity index (χ4v) is 1.81. The summed E-state index contributed by atoms with van der Waals surface area (Å²) < 4.78 is 6.19. The highest BCUT2D eigenvalue weighted by atomic mass is 16.5. The van der Waals surface area contributed by atoms with Gasteiger partial charge in [0.2, 0.25) is 0 Å². The Kier molecular flexibility index (Phi) is 5.20. The first kappa shape index (κ1) is 14.9. The minimum absolute atomic E-state index is 0.0902. The van der Waals surface area contributed by atoms with Crippen LogP contribution in [0.15, 0.2) is 41.2 Å². The molecule has 0 saturated heterocycles. The summed E-state index contributed by atoms with van der Waals surface area (Å²) >= 11 is 0. The van der Waals surface area contributed by atoms with Crippen LogP contribution in [0.5, 0.6) is 0 Å². The standard InChI is InChI=1S/C15H17N3O3/c1-2-3-6-11-21-14(19)9-10-18-15(20)12-7-4-5-8-13(12)16-17-18/h3-8H,2,9-11H2,1H3/b6-3+. The molecule has 0 aliphatic rings. The van der Waals surface area contributed by atoms with Crippen LogP contribution in [0.4, 0.5) is 0 Å². The first-order chi connectivity index (χ1) is 10.2. The van der Waals surface area contributed by atoms with Crippen LogP contribution in [0, 0.1) is 0 Å². The first-order valence-electron chi connectivity index (χ1n) is 6.85. The molecule has 0 N–H and O–H groups in total. The Balaban J connectivity index is 1.97. The Hall–Kier alpha value is -2.50. The Morgan fingerprint density at radius 2 is 2.14 bits per heavy atom. The topological polar surface area (TPSA) is 74.1 Å². The van der Waals surface area contributed by atoms with E-state index in [9.17, 15) is 9.59 Å². The smallest absolute Gasteiger partial charge is 0.307 e. The van der Waals surface area contributed by atoms with Crippen LogP contribution in [0.2, 0.25) is 0 Å². The van der Waals surface area contributed by atoms with Crippen molar-refractivity contribution in [1.29, 1.82) is 0 Å². The van der Waals surface area contributed by atoms with Crippen molar-refractivity contribution >= 4 is 16.9 Å². The second-order valence-corrected chi connectivity index (χ2v) is 4.45. The quantitative estimate of drug-likeness (QED) is 0.597. The summed E-state index contributed by atoms with van der Waals surface area (Å²) in [4.78, 5) is 23.7. The highest BCUT2D eigenvalue weighted by Gasteiger charge is 2.07. The van der Waals surface area contributed by atoms with Gasteiger partial charge >= 0.3 is 5.97 Å². The molecule has 1 heterocycles. The fraction of sp³-hybridized carbons (Fsp3) is 0.333. The van der Waals surface area contributed by atoms with E-state index in [1.165, 1.54) is 4.68 Å². The maximum Gasteiger partial charge on any atom is 0.307 e. The first-order valence-corrected chi connectivity index (χ1v) is 6.85. The second kappa shape index (κ2) is 7.33. The van der Waals surface area contributed by atoms with Crippen LogP contribution in [0.3, 0.4) is 0 Å². The number of carbonyl (C=O) groups excluding carboxylic acids is 1. The Bertz CT molecular complexity index is 707. The van der Waals surface area contributed by atoms with Gasteiger partial charge in [-0.2, -0.15) is 0 Å². The number of fused-ring (bicyclic) bond motifs is 1. The van der Waals surface area contributed by atoms with Crippen molar-refractivity contribution in [2.24, 2.45) is 0 Å². The zero-order valence-electron chi connectivity index (χ0n) is 11.9. The number of esters is 1. The number of carbonyl (C=O) groups is 1. The van der Waals surface area contributed by atoms with Gasteiger partial charge in [-0.25, -0.2) is 4.68 Å².